The molecule has 1 saturated heterocycles. The second kappa shape index (κ2) is 8.23. The van der Waals surface area contributed by atoms with E-state index in [1.165, 1.54) is 30.3 Å². The molecule has 0 N–H and O–H groups in total. The number of hydrogen-bond donors (Lipinski definition) is 0. The molecule has 0 atom stereocenters. The van der Waals surface area contributed by atoms with E-state index in [1.807, 2.05) is 0 Å². The van der Waals surface area contributed by atoms with Crippen molar-refractivity contribution >= 4 is 5.91 Å². The molecular weight excluding hydrogens is 345 g/mol. The van der Waals surface area contributed by atoms with Crippen molar-refractivity contribution in [3.63, 3.8) is 0 Å². The number of nitrogens with zero attached hydrogens (tertiary/aromatic N) is 2. The van der Waals surface area contributed by atoms with Gasteiger partial charge in [-0.1, -0.05) is 18.2 Å². The van der Waals surface area contributed by atoms with Gasteiger partial charge in [-0.2, -0.15) is 8.78 Å². The lowest BCUT2D eigenvalue weighted by Gasteiger charge is -2.34. The maximum atomic E-state index is 13.7. The molecule has 4 nitrogen and oxygen atoms in total. The molecule has 0 bridgehead atoms. The number of hydrogen-bond acceptors (Lipinski definition) is 3. The standard InChI is InChI=1S/C19H19F3N2O2/c20-17-4-2-1-3-15(17)13-23-9-11-24(12-10-23)18(25)14-5-7-16(8-6-14)26-19(21)22/h1-8,19H,9-13H2. The molecule has 0 radical (unpaired) electrons. The summed E-state index contributed by atoms with van der Waals surface area (Å²) in [6.07, 6.45) is 0. The lowest BCUT2D eigenvalue weighted by molar-refractivity contribution is -0.0498. The van der Waals surface area contributed by atoms with E-state index in [4.69, 9.17) is 0 Å². The molecule has 0 aliphatic carbocycles. The molecule has 0 unspecified atom stereocenters. The summed E-state index contributed by atoms with van der Waals surface area (Å²) in [4.78, 5) is 16.3. The van der Waals surface area contributed by atoms with Crippen LogP contribution >= 0.6 is 0 Å². The summed E-state index contributed by atoms with van der Waals surface area (Å²) in [6.45, 7) is -0.0298. The van der Waals surface area contributed by atoms with Crippen LogP contribution in [0.5, 0.6) is 5.75 Å². The zero-order valence-corrected chi connectivity index (χ0v) is 14.1. The van der Waals surface area contributed by atoms with E-state index in [-0.39, 0.29) is 17.5 Å². The van der Waals surface area contributed by atoms with Crippen LogP contribution in [0.15, 0.2) is 48.5 Å². The van der Waals surface area contributed by atoms with Crippen molar-refractivity contribution in [2.45, 2.75) is 13.2 Å². The Morgan fingerprint density at radius 2 is 1.65 bits per heavy atom. The highest BCUT2D eigenvalue weighted by Gasteiger charge is 2.22. The number of alkyl halides is 2. The average molecular weight is 364 g/mol. The molecule has 1 heterocycles. The topological polar surface area (TPSA) is 32.8 Å². The lowest BCUT2D eigenvalue weighted by atomic mass is 10.1. The van der Waals surface area contributed by atoms with Crippen LogP contribution < -0.4 is 4.74 Å². The molecule has 7 heteroatoms. The number of halogens is 3. The average Bonchev–Trinajstić information content (AvgIpc) is 2.64. The number of rotatable bonds is 5. The van der Waals surface area contributed by atoms with Crippen LogP contribution in [0.25, 0.3) is 0 Å². The van der Waals surface area contributed by atoms with Crippen molar-refractivity contribution in [2.24, 2.45) is 0 Å². The lowest BCUT2D eigenvalue weighted by Crippen LogP contribution is -2.48. The van der Waals surface area contributed by atoms with Gasteiger partial charge in [0.25, 0.3) is 5.91 Å². The molecular formula is C19H19F3N2O2. The van der Waals surface area contributed by atoms with Crippen LogP contribution in [0.2, 0.25) is 0 Å². The molecule has 0 saturated carbocycles. The maximum absolute atomic E-state index is 13.7. The highest BCUT2D eigenvalue weighted by atomic mass is 19.3. The van der Waals surface area contributed by atoms with Crippen LogP contribution in [-0.4, -0.2) is 48.5 Å². The molecule has 1 aliphatic rings. The number of carbonyl (C=O) groups excluding carboxylic acids is 1. The Hall–Kier alpha value is -2.54. The predicted octanol–water partition coefficient (Wildman–Crippen LogP) is 3.39. The van der Waals surface area contributed by atoms with E-state index in [2.05, 4.69) is 9.64 Å². The van der Waals surface area contributed by atoms with Gasteiger partial charge in [0.2, 0.25) is 0 Å². The summed E-state index contributed by atoms with van der Waals surface area (Å²) in [5, 5.41) is 0. The van der Waals surface area contributed by atoms with Gasteiger partial charge in [-0.25, -0.2) is 4.39 Å². The minimum absolute atomic E-state index is 0.0197. The summed E-state index contributed by atoms with van der Waals surface area (Å²) in [7, 11) is 0. The third-order valence-corrected chi connectivity index (χ3v) is 4.34. The normalized spacial score (nSPS) is 15.3. The van der Waals surface area contributed by atoms with Crippen LogP contribution in [-0.2, 0) is 6.54 Å². The zero-order valence-electron chi connectivity index (χ0n) is 14.1. The van der Waals surface area contributed by atoms with Crippen molar-refractivity contribution in [2.75, 3.05) is 26.2 Å². The molecule has 1 fully saturated rings. The summed E-state index contributed by atoms with van der Waals surface area (Å²) in [5.41, 5.74) is 1.07. The van der Waals surface area contributed by atoms with Gasteiger partial charge in [0, 0.05) is 43.9 Å². The highest BCUT2D eigenvalue weighted by Crippen LogP contribution is 2.17. The Balaban J connectivity index is 1.54. The molecule has 0 aromatic heterocycles. The number of ether oxygens (including phenoxy) is 1. The fraction of sp³-hybridized carbons (Fsp3) is 0.316. The maximum Gasteiger partial charge on any atom is 0.387 e. The Morgan fingerprint density at radius 1 is 1.00 bits per heavy atom. The van der Waals surface area contributed by atoms with Crippen molar-refractivity contribution in [3.8, 4) is 5.75 Å². The number of carbonyl (C=O) groups is 1. The van der Waals surface area contributed by atoms with Gasteiger partial charge in [0.15, 0.2) is 0 Å². The third-order valence-electron chi connectivity index (χ3n) is 4.34. The van der Waals surface area contributed by atoms with Gasteiger partial charge in [-0.05, 0) is 30.3 Å². The Kier molecular flexibility index (Phi) is 5.78. The first-order valence-corrected chi connectivity index (χ1v) is 8.33. The Morgan fingerprint density at radius 3 is 2.27 bits per heavy atom. The summed E-state index contributed by atoms with van der Waals surface area (Å²) in [6, 6.07) is 12.3. The van der Waals surface area contributed by atoms with Gasteiger partial charge >= 0.3 is 6.61 Å². The smallest absolute Gasteiger partial charge is 0.387 e. The van der Waals surface area contributed by atoms with E-state index < -0.39 is 6.61 Å². The first kappa shape index (κ1) is 18.3. The van der Waals surface area contributed by atoms with E-state index in [9.17, 15) is 18.0 Å². The molecule has 2 aromatic rings. The van der Waals surface area contributed by atoms with Crippen LogP contribution in [0.4, 0.5) is 13.2 Å². The first-order chi connectivity index (χ1) is 12.5. The highest BCUT2D eigenvalue weighted by molar-refractivity contribution is 5.94. The third kappa shape index (κ3) is 4.54. The van der Waals surface area contributed by atoms with E-state index in [1.54, 1.807) is 23.1 Å². The number of piperazine rings is 1. The monoisotopic (exact) mass is 364 g/mol. The minimum atomic E-state index is -2.89. The fourth-order valence-corrected chi connectivity index (χ4v) is 2.94. The second-order valence-electron chi connectivity index (χ2n) is 6.06. The van der Waals surface area contributed by atoms with Crippen molar-refractivity contribution < 1.29 is 22.7 Å². The van der Waals surface area contributed by atoms with Gasteiger partial charge in [0.05, 0.1) is 0 Å². The van der Waals surface area contributed by atoms with Gasteiger partial charge in [-0.15, -0.1) is 0 Å². The first-order valence-electron chi connectivity index (χ1n) is 8.33. The molecule has 1 amide bonds. The van der Waals surface area contributed by atoms with Crippen LogP contribution in [0, 0.1) is 5.82 Å². The second-order valence-corrected chi connectivity index (χ2v) is 6.06. The molecule has 0 spiro atoms. The molecule has 2 aromatic carbocycles. The zero-order chi connectivity index (χ0) is 18.5. The van der Waals surface area contributed by atoms with Crippen molar-refractivity contribution in [1.29, 1.82) is 0 Å². The number of amides is 1. The van der Waals surface area contributed by atoms with Crippen molar-refractivity contribution in [1.82, 2.24) is 9.80 Å². The van der Waals surface area contributed by atoms with Gasteiger partial charge in [0.1, 0.15) is 11.6 Å². The molecule has 26 heavy (non-hydrogen) atoms. The summed E-state index contributed by atoms with van der Waals surface area (Å²) in [5.74, 6) is -0.359. The van der Waals surface area contributed by atoms with Gasteiger partial charge < -0.3 is 9.64 Å². The largest absolute Gasteiger partial charge is 0.435 e. The molecule has 3 rings (SSSR count). The van der Waals surface area contributed by atoms with E-state index >= 15 is 0 Å². The summed E-state index contributed by atoms with van der Waals surface area (Å²) >= 11 is 0. The Bertz CT molecular complexity index is 745. The predicted molar refractivity (Wildman–Crippen MR) is 90.7 cm³/mol. The number of benzene rings is 2. The van der Waals surface area contributed by atoms with Gasteiger partial charge in [-0.3, -0.25) is 9.69 Å². The fourth-order valence-electron chi connectivity index (χ4n) is 2.94. The van der Waals surface area contributed by atoms with Crippen LogP contribution in [0.1, 0.15) is 15.9 Å². The van der Waals surface area contributed by atoms with Crippen LogP contribution in [0.3, 0.4) is 0 Å². The minimum Gasteiger partial charge on any atom is -0.435 e. The van der Waals surface area contributed by atoms with E-state index in [0.717, 1.165) is 0 Å². The molecule has 1 aliphatic heterocycles. The molecule has 138 valence electrons. The van der Waals surface area contributed by atoms with E-state index in [0.29, 0.717) is 43.9 Å². The Labute approximate surface area is 149 Å². The SMILES string of the molecule is O=C(c1ccc(OC(F)F)cc1)N1CCN(Cc2ccccc2F)CC1. The summed E-state index contributed by atoms with van der Waals surface area (Å²) < 4.78 is 42.3. The quantitative estimate of drug-likeness (QED) is 0.815. The van der Waals surface area contributed by atoms with Crippen molar-refractivity contribution in [3.05, 3.63) is 65.5 Å².